The van der Waals surface area contributed by atoms with Gasteiger partial charge in [0.1, 0.15) is 0 Å². The summed E-state index contributed by atoms with van der Waals surface area (Å²) in [7, 11) is 0. The zero-order valence-corrected chi connectivity index (χ0v) is 15.6. The molecule has 0 radical (unpaired) electrons. The van der Waals surface area contributed by atoms with Crippen molar-refractivity contribution in [2.45, 2.75) is 76.9 Å². The van der Waals surface area contributed by atoms with Gasteiger partial charge in [0.25, 0.3) is 0 Å². The van der Waals surface area contributed by atoms with Crippen LogP contribution < -0.4 is 5.32 Å². The Bertz CT molecular complexity index is 359. The molecule has 0 amide bonds. The lowest BCUT2D eigenvalue weighted by Gasteiger charge is -2.42. The van der Waals surface area contributed by atoms with E-state index in [-0.39, 0.29) is 0 Å². The molecule has 1 aliphatic carbocycles. The Balaban J connectivity index is 1.44. The van der Waals surface area contributed by atoms with Crippen LogP contribution in [0, 0.1) is 11.3 Å². The van der Waals surface area contributed by atoms with E-state index in [2.05, 4.69) is 17.1 Å². The van der Waals surface area contributed by atoms with E-state index in [1.54, 1.807) is 0 Å². The Morgan fingerprint density at radius 2 is 2.00 bits per heavy atom. The average molecular weight is 339 g/mol. The summed E-state index contributed by atoms with van der Waals surface area (Å²) >= 11 is 0. The first kappa shape index (κ1) is 18.6. The summed E-state index contributed by atoms with van der Waals surface area (Å²) in [6.07, 6.45) is 11.9. The monoisotopic (exact) mass is 338 g/mol. The van der Waals surface area contributed by atoms with Crippen LogP contribution in [0.2, 0.25) is 0 Å². The molecule has 24 heavy (non-hydrogen) atoms. The van der Waals surface area contributed by atoms with Gasteiger partial charge in [0.2, 0.25) is 0 Å². The van der Waals surface area contributed by atoms with Crippen LogP contribution in [0.4, 0.5) is 0 Å². The maximum Gasteiger partial charge on any atom is 0.0702 e. The second kappa shape index (κ2) is 8.98. The molecule has 3 atom stereocenters. The smallest absolute Gasteiger partial charge is 0.0702 e. The van der Waals surface area contributed by atoms with Gasteiger partial charge in [-0.05, 0) is 56.4 Å². The third-order valence-electron chi connectivity index (χ3n) is 6.77. The molecule has 4 heteroatoms. The second-order valence-electron chi connectivity index (χ2n) is 8.68. The molecule has 0 bridgehead atoms. The first-order chi connectivity index (χ1) is 11.7. The molecule has 3 aliphatic rings. The van der Waals surface area contributed by atoms with Crippen LogP contribution in [0.5, 0.6) is 0 Å². The van der Waals surface area contributed by atoms with Crippen molar-refractivity contribution in [1.82, 2.24) is 10.2 Å². The van der Waals surface area contributed by atoms with Gasteiger partial charge in [0.15, 0.2) is 0 Å². The number of aliphatic hydroxyl groups is 1. The molecule has 1 saturated carbocycles. The van der Waals surface area contributed by atoms with Gasteiger partial charge in [-0.15, -0.1) is 0 Å². The molecule has 2 aliphatic heterocycles. The Hall–Kier alpha value is -0.160. The molecule has 3 rings (SSSR count). The maximum absolute atomic E-state index is 9.50. The Morgan fingerprint density at radius 3 is 2.67 bits per heavy atom. The molecule has 0 aromatic rings. The fourth-order valence-electron chi connectivity index (χ4n) is 5.18. The number of nitrogens with one attached hydrogen (secondary N) is 1. The number of aliphatic hydroxyl groups excluding tert-OH is 1. The minimum absolute atomic E-state index is 0.344. The van der Waals surface area contributed by atoms with Crippen molar-refractivity contribution in [2.75, 3.05) is 39.4 Å². The highest BCUT2D eigenvalue weighted by molar-refractivity contribution is 4.89. The number of nitrogens with zero attached hydrogens (tertiary/aromatic N) is 1. The zero-order valence-electron chi connectivity index (χ0n) is 15.6. The van der Waals surface area contributed by atoms with Crippen LogP contribution in [-0.2, 0) is 4.74 Å². The predicted molar refractivity (Wildman–Crippen MR) is 98.2 cm³/mol. The lowest BCUT2D eigenvalue weighted by Crippen LogP contribution is -2.52. The summed E-state index contributed by atoms with van der Waals surface area (Å²) in [5.74, 6) is 0.704. The highest BCUT2D eigenvalue weighted by Crippen LogP contribution is 2.39. The van der Waals surface area contributed by atoms with Gasteiger partial charge in [-0.25, -0.2) is 0 Å². The van der Waals surface area contributed by atoms with Crippen LogP contribution in [0.3, 0.4) is 0 Å². The topological polar surface area (TPSA) is 44.7 Å². The summed E-state index contributed by atoms with van der Waals surface area (Å²) < 4.78 is 5.80. The standard InChI is InChI=1S/C20H38N2O2/c1-17-14-22(15-18-6-5-13-24-18)11-7-19(17)21-16-20(10-12-23)8-3-2-4-9-20/h17-19,21,23H,2-16H2,1H3. The van der Waals surface area contributed by atoms with Gasteiger partial charge < -0.3 is 20.1 Å². The first-order valence-electron chi connectivity index (χ1n) is 10.4. The van der Waals surface area contributed by atoms with Gasteiger partial charge in [0, 0.05) is 38.9 Å². The molecule has 0 spiro atoms. The second-order valence-corrected chi connectivity index (χ2v) is 8.68. The van der Waals surface area contributed by atoms with E-state index in [0.29, 0.717) is 30.1 Å². The van der Waals surface area contributed by atoms with Crippen LogP contribution in [0.25, 0.3) is 0 Å². The van der Waals surface area contributed by atoms with E-state index in [9.17, 15) is 5.11 Å². The third kappa shape index (κ3) is 4.94. The van der Waals surface area contributed by atoms with Crippen molar-refractivity contribution in [2.24, 2.45) is 11.3 Å². The summed E-state index contributed by atoms with van der Waals surface area (Å²) in [5, 5.41) is 13.4. The first-order valence-corrected chi connectivity index (χ1v) is 10.4. The maximum atomic E-state index is 9.50. The lowest BCUT2D eigenvalue weighted by atomic mass is 9.71. The number of hydrogen-bond donors (Lipinski definition) is 2. The van der Waals surface area contributed by atoms with Crippen LogP contribution >= 0.6 is 0 Å². The molecule has 3 unspecified atom stereocenters. The fourth-order valence-corrected chi connectivity index (χ4v) is 5.18. The number of likely N-dealkylation sites (tertiary alicyclic amines) is 1. The minimum Gasteiger partial charge on any atom is -0.396 e. The molecule has 2 heterocycles. The van der Waals surface area contributed by atoms with E-state index < -0.39 is 0 Å². The van der Waals surface area contributed by atoms with Gasteiger partial charge in [-0.3, -0.25) is 0 Å². The fraction of sp³-hybridized carbons (Fsp3) is 1.00. The molecule has 0 aromatic carbocycles. The van der Waals surface area contributed by atoms with E-state index >= 15 is 0 Å². The summed E-state index contributed by atoms with van der Waals surface area (Å²) in [6.45, 7) is 8.35. The zero-order chi connectivity index (χ0) is 16.8. The van der Waals surface area contributed by atoms with Crippen molar-refractivity contribution in [3.8, 4) is 0 Å². The third-order valence-corrected chi connectivity index (χ3v) is 6.77. The van der Waals surface area contributed by atoms with Crippen molar-refractivity contribution >= 4 is 0 Å². The Labute approximate surface area is 148 Å². The normalized spacial score (nSPS) is 34.5. The Morgan fingerprint density at radius 1 is 1.17 bits per heavy atom. The van der Waals surface area contributed by atoms with Crippen molar-refractivity contribution in [3.63, 3.8) is 0 Å². The molecule has 3 fully saturated rings. The highest BCUT2D eigenvalue weighted by Gasteiger charge is 2.34. The van der Waals surface area contributed by atoms with Crippen LogP contribution in [0.1, 0.15) is 64.7 Å². The van der Waals surface area contributed by atoms with Crippen LogP contribution in [-0.4, -0.2) is 61.5 Å². The number of ether oxygens (including phenoxy) is 1. The van der Waals surface area contributed by atoms with Gasteiger partial charge >= 0.3 is 0 Å². The van der Waals surface area contributed by atoms with Crippen molar-refractivity contribution in [3.05, 3.63) is 0 Å². The van der Waals surface area contributed by atoms with Gasteiger partial charge in [-0.2, -0.15) is 0 Å². The molecule has 2 saturated heterocycles. The van der Waals surface area contributed by atoms with Crippen molar-refractivity contribution in [1.29, 1.82) is 0 Å². The highest BCUT2D eigenvalue weighted by atomic mass is 16.5. The predicted octanol–water partition coefficient (Wildman–Crippen LogP) is 2.80. The summed E-state index contributed by atoms with van der Waals surface area (Å²) in [5.41, 5.74) is 0.363. The number of hydrogen-bond acceptors (Lipinski definition) is 4. The van der Waals surface area contributed by atoms with Gasteiger partial charge in [-0.1, -0.05) is 26.2 Å². The quantitative estimate of drug-likeness (QED) is 0.749. The molecule has 4 nitrogen and oxygen atoms in total. The molecule has 140 valence electrons. The minimum atomic E-state index is 0.344. The number of rotatable bonds is 7. The van der Waals surface area contributed by atoms with E-state index in [4.69, 9.17) is 4.74 Å². The van der Waals surface area contributed by atoms with E-state index in [1.165, 1.54) is 64.5 Å². The van der Waals surface area contributed by atoms with E-state index in [1.807, 2.05) is 0 Å². The van der Waals surface area contributed by atoms with Gasteiger partial charge in [0.05, 0.1) is 6.10 Å². The molecular formula is C20H38N2O2. The SMILES string of the molecule is CC1CN(CC2CCCO2)CCC1NCC1(CCO)CCCCC1. The molecular weight excluding hydrogens is 300 g/mol. The molecule has 0 aromatic heterocycles. The van der Waals surface area contributed by atoms with Crippen molar-refractivity contribution < 1.29 is 9.84 Å². The van der Waals surface area contributed by atoms with E-state index in [0.717, 1.165) is 26.1 Å². The number of piperidine rings is 1. The molecule has 2 N–H and O–H groups in total. The largest absolute Gasteiger partial charge is 0.396 e. The Kier molecular flexibility index (Phi) is 6.97. The average Bonchev–Trinajstić information content (AvgIpc) is 3.08. The summed E-state index contributed by atoms with van der Waals surface area (Å²) in [4.78, 5) is 2.61. The lowest BCUT2D eigenvalue weighted by molar-refractivity contribution is 0.0476. The van der Waals surface area contributed by atoms with Crippen LogP contribution in [0.15, 0.2) is 0 Å². The summed E-state index contributed by atoms with van der Waals surface area (Å²) in [6, 6.07) is 0.642.